The summed E-state index contributed by atoms with van der Waals surface area (Å²) in [5, 5.41) is 0. The van der Waals surface area contributed by atoms with Gasteiger partial charge in [-0.1, -0.05) is 0 Å². The van der Waals surface area contributed by atoms with Crippen LogP contribution in [0.3, 0.4) is 0 Å². The van der Waals surface area contributed by atoms with Gasteiger partial charge in [0.25, 0.3) is 0 Å². The summed E-state index contributed by atoms with van der Waals surface area (Å²) in [5.74, 6) is 0. The average Bonchev–Trinajstić information content (AvgIpc) is 2.01. The summed E-state index contributed by atoms with van der Waals surface area (Å²) in [6, 6.07) is 0.710. The lowest BCUT2D eigenvalue weighted by molar-refractivity contribution is -0.141. The van der Waals surface area contributed by atoms with Crippen molar-refractivity contribution in [1.82, 2.24) is 9.97 Å². The molecule has 1 heterocycles. The molecule has 0 saturated carbocycles. The van der Waals surface area contributed by atoms with Crippen LogP contribution in [-0.4, -0.2) is 9.97 Å². The van der Waals surface area contributed by atoms with E-state index < -0.39 is 17.6 Å². The van der Waals surface area contributed by atoms with Gasteiger partial charge in [-0.15, -0.1) is 0 Å². The van der Waals surface area contributed by atoms with Crippen molar-refractivity contribution < 1.29 is 13.2 Å². The minimum Gasteiger partial charge on any atom is -0.325 e. The van der Waals surface area contributed by atoms with Crippen molar-refractivity contribution in [1.29, 1.82) is 0 Å². The molecular weight excluding hydrogens is 187 g/mol. The molecular formula is C6H6F3N3O. The molecule has 1 aromatic heterocycles. The van der Waals surface area contributed by atoms with Crippen LogP contribution >= 0.6 is 0 Å². The maximum absolute atomic E-state index is 12.0. The second-order valence-electron chi connectivity index (χ2n) is 2.30. The Kier molecular flexibility index (Phi) is 2.37. The van der Waals surface area contributed by atoms with Gasteiger partial charge in [-0.05, 0) is 6.07 Å². The number of rotatable bonds is 1. The van der Waals surface area contributed by atoms with Gasteiger partial charge >= 0.3 is 11.9 Å². The van der Waals surface area contributed by atoms with Crippen LogP contribution in [0.15, 0.2) is 10.9 Å². The van der Waals surface area contributed by atoms with Gasteiger partial charge in [0, 0.05) is 12.2 Å². The highest BCUT2D eigenvalue weighted by Crippen LogP contribution is 2.26. The number of alkyl halides is 3. The lowest BCUT2D eigenvalue weighted by atomic mass is 10.3. The molecule has 1 aromatic rings. The normalized spacial score (nSPS) is 11.7. The highest BCUT2D eigenvalue weighted by Gasteiger charge is 2.33. The van der Waals surface area contributed by atoms with Gasteiger partial charge in [-0.2, -0.15) is 18.2 Å². The Morgan fingerprint density at radius 2 is 2.15 bits per heavy atom. The number of hydrogen-bond donors (Lipinski definition) is 2. The monoisotopic (exact) mass is 193 g/mol. The Balaban J connectivity index is 3.24. The van der Waals surface area contributed by atoms with Gasteiger partial charge in [0.1, 0.15) is 0 Å². The quantitative estimate of drug-likeness (QED) is 0.671. The molecule has 0 radical (unpaired) electrons. The Labute approximate surface area is 70.6 Å². The van der Waals surface area contributed by atoms with E-state index >= 15 is 0 Å². The molecule has 0 spiro atoms. The summed E-state index contributed by atoms with van der Waals surface area (Å²) in [5.41, 5.74) is 2.80. The fourth-order valence-corrected chi connectivity index (χ4v) is 0.763. The largest absolute Gasteiger partial charge is 0.433 e. The molecule has 1 rings (SSSR count). The van der Waals surface area contributed by atoms with Crippen LogP contribution in [0.4, 0.5) is 13.2 Å². The molecule has 0 aliphatic rings. The Morgan fingerprint density at radius 3 is 2.62 bits per heavy atom. The first-order valence-electron chi connectivity index (χ1n) is 3.31. The molecule has 7 heteroatoms. The highest BCUT2D eigenvalue weighted by molar-refractivity contribution is 5.10. The molecule has 0 aliphatic heterocycles. The number of nitrogens with two attached hydrogens (primary N) is 1. The second kappa shape index (κ2) is 3.17. The van der Waals surface area contributed by atoms with E-state index in [1.165, 1.54) is 0 Å². The predicted molar refractivity (Wildman–Crippen MR) is 37.8 cm³/mol. The first kappa shape index (κ1) is 9.72. The van der Waals surface area contributed by atoms with E-state index in [0.717, 1.165) is 0 Å². The van der Waals surface area contributed by atoms with Gasteiger partial charge in [0.05, 0.1) is 0 Å². The van der Waals surface area contributed by atoms with Gasteiger partial charge < -0.3 is 10.7 Å². The lowest BCUT2D eigenvalue weighted by Crippen LogP contribution is -2.21. The van der Waals surface area contributed by atoms with Gasteiger partial charge in [0.2, 0.25) is 0 Å². The van der Waals surface area contributed by atoms with E-state index in [1.54, 1.807) is 0 Å². The molecule has 0 bridgehead atoms. The number of H-pyrrole nitrogens is 1. The van der Waals surface area contributed by atoms with Gasteiger partial charge in [-0.3, -0.25) is 0 Å². The number of halogens is 3. The summed E-state index contributed by atoms with van der Waals surface area (Å²) < 4.78 is 36.1. The predicted octanol–water partition coefficient (Wildman–Crippen LogP) is 0.247. The minimum atomic E-state index is -4.61. The van der Waals surface area contributed by atoms with Gasteiger partial charge in [-0.25, -0.2) is 4.79 Å². The third kappa shape index (κ3) is 2.28. The fraction of sp³-hybridized carbons (Fsp3) is 0.333. The van der Waals surface area contributed by atoms with Crippen LogP contribution in [0, 0.1) is 0 Å². The number of hydrogen-bond acceptors (Lipinski definition) is 3. The van der Waals surface area contributed by atoms with Gasteiger partial charge in [0.15, 0.2) is 5.69 Å². The first-order chi connectivity index (χ1) is 5.93. The van der Waals surface area contributed by atoms with Crippen molar-refractivity contribution in [3.8, 4) is 0 Å². The molecule has 0 aromatic carbocycles. The third-order valence-corrected chi connectivity index (χ3v) is 1.31. The summed E-state index contributed by atoms with van der Waals surface area (Å²) in [6.45, 7) is -0.166. The maximum atomic E-state index is 12.0. The molecule has 0 fully saturated rings. The molecule has 0 amide bonds. The van der Waals surface area contributed by atoms with Crippen LogP contribution in [-0.2, 0) is 12.7 Å². The van der Waals surface area contributed by atoms with E-state index in [1.807, 2.05) is 0 Å². The summed E-state index contributed by atoms with van der Waals surface area (Å²) >= 11 is 0. The van der Waals surface area contributed by atoms with Crippen molar-refractivity contribution in [2.75, 3.05) is 0 Å². The van der Waals surface area contributed by atoms with E-state index in [0.29, 0.717) is 6.07 Å². The molecule has 0 aliphatic carbocycles. The van der Waals surface area contributed by atoms with Crippen molar-refractivity contribution in [3.63, 3.8) is 0 Å². The van der Waals surface area contributed by atoms with E-state index in [-0.39, 0.29) is 12.2 Å². The average molecular weight is 193 g/mol. The van der Waals surface area contributed by atoms with Crippen molar-refractivity contribution in [2.24, 2.45) is 5.73 Å². The molecule has 72 valence electrons. The lowest BCUT2D eigenvalue weighted by Gasteiger charge is -2.05. The summed E-state index contributed by atoms with van der Waals surface area (Å²) in [6.07, 6.45) is -4.61. The molecule has 0 unspecified atom stereocenters. The Bertz CT molecular complexity index is 357. The van der Waals surface area contributed by atoms with Crippen molar-refractivity contribution >= 4 is 0 Å². The molecule has 13 heavy (non-hydrogen) atoms. The smallest absolute Gasteiger partial charge is 0.325 e. The number of aromatic nitrogens is 2. The third-order valence-electron chi connectivity index (χ3n) is 1.31. The van der Waals surface area contributed by atoms with Crippen molar-refractivity contribution in [2.45, 2.75) is 12.7 Å². The van der Waals surface area contributed by atoms with E-state index in [2.05, 4.69) is 9.97 Å². The molecule has 0 saturated heterocycles. The Morgan fingerprint density at radius 1 is 1.54 bits per heavy atom. The maximum Gasteiger partial charge on any atom is 0.433 e. The van der Waals surface area contributed by atoms with Crippen LogP contribution in [0.2, 0.25) is 0 Å². The van der Waals surface area contributed by atoms with Crippen LogP contribution in [0.5, 0.6) is 0 Å². The minimum absolute atomic E-state index is 0.00678. The zero-order valence-electron chi connectivity index (χ0n) is 6.35. The standard InChI is InChI=1S/C6H6F3N3O/c7-6(8,9)4-1-3(2-10)11-5(13)12-4/h1H,2,10H2,(H,11,12,13). The number of nitrogens with one attached hydrogen (secondary N) is 1. The second-order valence-corrected chi connectivity index (χ2v) is 2.30. The van der Waals surface area contributed by atoms with Crippen LogP contribution in [0.25, 0.3) is 0 Å². The van der Waals surface area contributed by atoms with Crippen LogP contribution < -0.4 is 11.4 Å². The SMILES string of the molecule is NCc1cc(C(F)(F)F)nc(=O)[nH]1. The molecule has 3 N–H and O–H groups in total. The fourth-order valence-electron chi connectivity index (χ4n) is 0.763. The summed E-state index contributed by atoms with van der Waals surface area (Å²) in [4.78, 5) is 15.4. The summed E-state index contributed by atoms with van der Waals surface area (Å²) in [7, 11) is 0. The van der Waals surface area contributed by atoms with Crippen LogP contribution in [0.1, 0.15) is 11.4 Å². The van der Waals surface area contributed by atoms with Crippen molar-refractivity contribution in [3.05, 3.63) is 27.9 Å². The van der Waals surface area contributed by atoms with E-state index in [4.69, 9.17) is 5.73 Å². The molecule has 4 nitrogen and oxygen atoms in total. The topological polar surface area (TPSA) is 71.8 Å². The number of nitrogens with zero attached hydrogens (tertiary/aromatic N) is 1. The molecule has 0 atom stereocenters. The zero-order valence-corrected chi connectivity index (χ0v) is 6.35. The van der Waals surface area contributed by atoms with E-state index in [9.17, 15) is 18.0 Å². The first-order valence-corrected chi connectivity index (χ1v) is 3.31. The zero-order chi connectivity index (χ0) is 10.1. The number of aromatic amines is 1. The Hall–Kier alpha value is -1.37. The highest BCUT2D eigenvalue weighted by atomic mass is 19.4.